The molecule has 0 spiro atoms. The first kappa shape index (κ1) is 12.0. The van der Waals surface area contributed by atoms with Crippen LogP contribution in [0.4, 0.5) is 0 Å². The molecule has 0 N–H and O–H groups in total. The summed E-state index contributed by atoms with van der Waals surface area (Å²) >= 11 is 0. The largest absolute Gasteiger partial charge is 0.427 e. The molecule has 0 aromatic heterocycles. The predicted octanol–water partition coefficient (Wildman–Crippen LogP) is 3.73. The van der Waals surface area contributed by atoms with Gasteiger partial charge in [0.2, 0.25) is 0 Å². The summed E-state index contributed by atoms with van der Waals surface area (Å²) in [6.07, 6.45) is 7.91. The summed E-state index contributed by atoms with van der Waals surface area (Å²) in [5.74, 6) is 0.546. The van der Waals surface area contributed by atoms with Crippen LogP contribution in [0.25, 0.3) is 0 Å². The van der Waals surface area contributed by atoms with Gasteiger partial charge >= 0.3 is 5.97 Å². The first-order valence-electron chi connectivity index (χ1n) is 5.71. The van der Waals surface area contributed by atoms with Gasteiger partial charge in [-0.3, -0.25) is 4.79 Å². The molecule has 0 saturated carbocycles. The van der Waals surface area contributed by atoms with Gasteiger partial charge in [-0.15, -0.1) is 0 Å². The summed E-state index contributed by atoms with van der Waals surface area (Å²) in [5.41, 5.74) is 2.58. The number of unbranched alkanes of at least 4 members (excludes halogenated alkanes) is 2. The second-order valence-electron chi connectivity index (χ2n) is 4.17. The molecular weight excluding hydrogens is 188 g/mol. The van der Waals surface area contributed by atoms with Gasteiger partial charge in [-0.1, -0.05) is 25.3 Å². The quantitative estimate of drug-likeness (QED) is 0.508. The summed E-state index contributed by atoms with van der Waals surface area (Å²) in [4.78, 5) is 10.8. The van der Waals surface area contributed by atoms with Crippen molar-refractivity contribution in [2.75, 3.05) is 0 Å². The SMILES string of the molecule is CCCCCC1=CC(OC(C)=O)=C(C)C1. The highest BCUT2D eigenvalue weighted by Gasteiger charge is 2.14. The Morgan fingerprint density at radius 2 is 2.20 bits per heavy atom. The first-order chi connectivity index (χ1) is 7.13. The van der Waals surface area contributed by atoms with Crippen molar-refractivity contribution in [1.29, 1.82) is 0 Å². The van der Waals surface area contributed by atoms with Gasteiger partial charge in [-0.05, 0) is 37.8 Å². The van der Waals surface area contributed by atoms with Crippen molar-refractivity contribution in [1.82, 2.24) is 0 Å². The molecule has 0 saturated heterocycles. The molecule has 0 bridgehead atoms. The zero-order chi connectivity index (χ0) is 11.3. The van der Waals surface area contributed by atoms with Crippen molar-refractivity contribution in [3.63, 3.8) is 0 Å². The average molecular weight is 208 g/mol. The van der Waals surface area contributed by atoms with E-state index in [4.69, 9.17) is 4.74 Å². The Kier molecular flexibility index (Phi) is 4.60. The van der Waals surface area contributed by atoms with Crippen molar-refractivity contribution in [3.05, 3.63) is 23.0 Å². The minimum absolute atomic E-state index is 0.226. The number of rotatable bonds is 5. The van der Waals surface area contributed by atoms with E-state index in [1.54, 1.807) is 0 Å². The van der Waals surface area contributed by atoms with Gasteiger partial charge in [0.25, 0.3) is 0 Å². The second-order valence-corrected chi connectivity index (χ2v) is 4.17. The molecule has 0 amide bonds. The number of allylic oxidation sites excluding steroid dienone is 3. The molecule has 0 radical (unpaired) electrons. The van der Waals surface area contributed by atoms with Crippen LogP contribution in [-0.4, -0.2) is 5.97 Å². The van der Waals surface area contributed by atoms with Gasteiger partial charge in [-0.25, -0.2) is 0 Å². The Hall–Kier alpha value is -1.05. The molecule has 84 valence electrons. The average Bonchev–Trinajstić information content (AvgIpc) is 2.47. The number of hydrogen-bond donors (Lipinski definition) is 0. The van der Waals surface area contributed by atoms with Gasteiger partial charge in [0.05, 0.1) is 0 Å². The Bertz CT molecular complexity index is 298. The van der Waals surface area contributed by atoms with E-state index in [0.29, 0.717) is 0 Å². The fourth-order valence-electron chi connectivity index (χ4n) is 1.82. The zero-order valence-electron chi connectivity index (χ0n) is 9.93. The van der Waals surface area contributed by atoms with Gasteiger partial charge in [0.1, 0.15) is 5.76 Å². The third-order valence-electron chi connectivity index (χ3n) is 2.60. The van der Waals surface area contributed by atoms with Crippen LogP contribution in [0.2, 0.25) is 0 Å². The molecule has 0 atom stereocenters. The Labute approximate surface area is 92.0 Å². The van der Waals surface area contributed by atoms with Crippen LogP contribution in [0.1, 0.15) is 52.9 Å². The molecule has 0 unspecified atom stereocenters. The highest BCUT2D eigenvalue weighted by molar-refractivity contribution is 5.68. The normalized spacial score (nSPS) is 15.5. The van der Waals surface area contributed by atoms with Crippen LogP contribution >= 0.6 is 0 Å². The third-order valence-corrected chi connectivity index (χ3v) is 2.60. The lowest BCUT2D eigenvalue weighted by Crippen LogP contribution is -1.96. The fourth-order valence-corrected chi connectivity index (χ4v) is 1.82. The van der Waals surface area contributed by atoms with Crippen LogP contribution in [-0.2, 0) is 9.53 Å². The molecule has 0 aliphatic heterocycles. The van der Waals surface area contributed by atoms with Crippen molar-refractivity contribution in [2.24, 2.45) is 0 Å². The molecule has 0 aromatic carbocycles. The maximum absolute atomic E-state index is 10.8. The molecule has 2 heteroatoms. The van der Waals surface area contributed by atoms with E-state index in [2.05, 4.69) is 6.92 Å². The summed E-state index contributed by atoms with van der Waals surface area (Å²) in [6.45, 7) is 5.68. The van der Waals surface area contributed by atoms with Crippen LogP contribution in [0, 0.1) is 0 Å². The zero-order valence-corrected chi connectivity index (χ0v) is 9.93. The van der Waals surface area contributed by atoms with E-state index in [-0.39, 0.29) is 5.97 Å². The van der Waals surface area contributed by atoms with Crippen molar-refractivity contribution < 1.29 is 9.53 Å². The minimum atomic E-state index is -0.226. The lowest BCUT2D eigenvalue weighted by Gasteiger charge is -2.00. The smallest absolute Gasteiger partial charge is 0.308 e. The van der Waals surface area contributed by atoms with E-state index in [1.807, 2.05) is 13.0 Å². The second kappa shape index (κ2) is 5.74. The van der Waals surface area contributed by atoms with E-state index in [9.17, 15) is 4.79 Å². The molecule has 1 aliphatic rings. The molecule has 0 aromatic rings. The predicted molar refractivity (Wildman–Crippen MR) is 61.3 cm³/mol. The molecule has 15 heavy (non-hydrogen) atoms. The molecule has 2 nitrogen and oxygen atoms in total. The van der Waals surface area contributed by atoms with Crippen LogP contribution in [0.3, 0.4) is 0 Å². The first-order valence-corrected chi connectivity index (χ1v) is 5.71. The Morgan fingerprint density at radius 1 is 1.47 bits per heavy atom. The third kappa shape index (κ3) is 3.90. The number of hydrogen-bond acceptors (Lipinski definition) is 2. The fraction of sp³-hybridized carbons (Fsp3) is 0.615. The molecule has 1 rings (SSSR count). The maximum Gasteiger partial charge on any atom is 0.308 e. The maximum atomic E-state index is 10.8. The lowest BCUT2D eigenvalue weighted by atomic mass is 10.1. The van der Waals surface area contributed by atoms with E-state index < -0.39 is 0 Å². The lowest BCUT2D eigenvalue weighted by molar-refractivity contribution is -0.136. The van der Waals surface area contributed by atoms with Gasteiger partial charge in [0.15, 0.2) is 0 Å². The molecule has 0 fully saturated rings. The van der Waals surface area contributed by atoms with Crippen molar-refractivity contribution >= 4 is 5.97 Å². The molecular formula is C13H20O2. The number of carbonyl (C=O) groups is 1. The number of esters is 1. The molecule has 1 aliphatic carbocycles. The monoisotopic (exact) mass is 208 g/mol. The topological polar surface area (TPSA) is 26.3 Å². The summed E-state index contributed by atoms with van der Waals surface area (Å²) in [5, 5.41) is 0. The van der Waals surface area contributed by atoms with Crippen LogP contribution in [0.15, 0.2) is 23.0 Å². The highest BCUT2D eigenvalue weighted by atomic mass is 16.5. The Morgan fingerprint density at radius 3 is 2.80 bits per heavy atom. The van der Waals surface area contributed by atoms with Crippen LogP contribution in [0.5, 0.6) is 0 Å². The highest BCUT2D eigenvalue weighted by Crippen LogP contribution is 2.29. The van der Waals surface area contributed by atoms with Crippen molar-refractivity contribution in [3.8, 4) is 0 Å². The number of carbonyl (C=O) groups excluding carboxylic acids is 1. The minimum Gasteiger partial charge on any atom is -0.427 e. The summed E-state index contributed by atoms with van der Waals surface area (Å²) in [7, 11) is 0. The number of ether oxygens (including phenoxy) is 1. The summed E-state index contributed by atoms with van der Waals surface area (Å²) in [6, 6.07) is 0. The standard InChI is InChI=1S/C13H20O2/c1-4-5-6-7-12-8-10(2)13(9-12)15-11(3)14/h9H,4-8H2,1-3H3. The Balaban J connectivity index is 2.43. The summed E-state index contributed by atoms with van der Waals surface area (Å²) < 4.78 is 5.12. The molecule has 0 heterocycles. The van der Waals surface area contributed by atoms with Gasteiger partial charge in [0, 0.05) is 6.92 Å². The van der Waals surface area contributed by atoms with E-state index in [1.165, 1.54) is 37.3 Å². The van der Waals surface area contributed by atoms with E-state index in [0.717, 1.165) is 18.6 Å². The van der Waals surface area contributed by atoms with Gasteiger partial charge in [-0.2, -0.15) is 0 Å². The van der Waals surface area contributed by atoms with E-state index >= 15 is 0 Å². The van der Waals surface area contributed by atoms with Gasteiger partial charge < -0.3 is 4.74 Å². The van der Waals surface area contributed by atoms with Crippen LogP contribution < -0.4 is 0 Å². The van der Waals surface area contributed by atoms with Crippen molar-refractivity contribution in [2.45, 2.75) is 52.9 Å².